The number of benzene rings is 1. The predicted octanol–water partition coefficient (Wildman–Crippen LogP) is 1.91. The van der Waals surface area contributed by atoms with Gasteiger partial charge < -0.3 is 15.1 Å². The number of halogens is 1. The second-order valence-electron chi connectivity index (χ2n) is 6.41. The van der Waals surface area contributed by atoms with Crippen LogP contribution in [0.15, 0.2) is 18.2 Å². The Labute approximate surface area is 142 Å². The van der Waals surface area contributed by atoms with Gasteiger partial charge >= 0.3 is 0 Å². The van der Waals surface area contributed by atoms with Gasteiger partial charge in [0.1, 0.15) is 6.54 Å². The van der Waals surface area contributed by atoms with Crippen molar-refractivity contribution >= 4 is 29.9 Å². The van der Waals surface area contributed by atoms with Gasteiger partial charge in [0.25, 0.3) is 5.91 Å². The molecule has 0 spiro atoms. The smallest absolute Gasteiger partial charge is 0.254 e. The molecule has 1 saturated heterocycles. The van der Waals surface area contributed by atoms with Crippen molar-refractivity contribution < 1.29 is 9.59 Å². The highest BCUT2D eigenvalue weighted by Crippen LogP contribution is 2.29. The van der Waals surface area contributed by atoms with E-state index in [4.69, 9.17) is 0 Å². The van der Waals surface area contributed by atoms with Gasteiger partial charge in [-0.05, 0) is 43.4 Å². The Morgan fingerprint density at radius 3 is 2.78 bits per heavy atom. The van der Waals surface area contributed by atoms with Crippen LogP contribution in [0, 0.1) is 0 Å². The first-order valence-corrected chi connectivity index (χ1v) is 8.18. The van der Waals surface area contributed by atoms with Crippen molar-refractivity contribution in [3.63, 3.8) is 0 Å². The van der Waals surface area contributed by atoms with Crippen LogP contribution in [-0.2, 0) is 11.2 Å². The van der Waals surface area contributed by atoms with E-state index in [9.17, 15) is 9.59 Å². The third-order valence-corrected chi connectivity index (χ3v) is 4.86. The maximum atomic E-state index is 12.8. The maximum absolute atomic E-state index is 12.8. The summed E-state index contributed by atoms with van der Waals surface area (Å²) in [6.45, 7) is 2.52. The topological polar surface area (TPSA) is 52.7 Å². The molecule has 5 nitrogen and oxygen atoms in total. The van der Waals surface area contributed by atoms with E-state index in [2.05, 4.69) is 5.32 Å². The Kier molecular flexibility index (Phi) is 4.48. The number of carbonyl (C=O) groups excluding carboxylic acids is 2. The van der Waals surface area contributed by atoms with Gasteiger partial charge in [-0.15, -0.1) is 12.4 Å². The highest BCUT2D eigenvalue weighted by molar-refractivity contribution is 5.99. The lowest BCUT2D eigenvalue weighted by Gasteiger charge is -2.35. The number of rotatable bonds is 2. The normalized spacial score (nSPS) is 20.4. The van der Waals surface area contributed by atoms with E-state index in [0.29, 0.717) is 19.1 Å². The largest absolute Gasteiger partial charge is 0.385 e. The number of anilines is 1. The number of fused-ring (bicyclic) bond motifs is 1. The molecule has 0 unspecified atom stereocenters. The molecule has 4 rings (SSSR count). The molecular formula is C17H22ClN3O2. The van der Waals surface area contributed by atoms with E-state index < -0.39 is 0 Å². The standard InChI is InChI=1S/C17H21N3O2.ClH/c21-16-11-19(9-10-20(16)12-6-7-12)17(22)14-3-1-5-15-13(14)4-2-8-18-15;/h1,3,5,12,18H,2,4,6-11H2;1H. The van der Waals surface area contributed by atoms with Crippen LogP contribution < -0.4 is 5.32 Å². The van der Waals surface area contributed by atoms with Crippen LogP contribution in [0.4, 0.5) is 5.69 Å². The molecule has 1 saturated carbocycles. The third kappa shape index (κ3) is 3.02. The molecule has 0 radical (unpaired) electrons. The lowest BCUT2D eigenvalue weighted by molar-refractivity contribution is -0.135. The van der Waals surface area contributed by atoms with Gasteiger partial charge in [-0.25, -0.2) is 0 Å². The Balaban J connectivity index is 0.00000156. The van der Waals surface area contributed by atoms with Crippen molar-refractivity contribution in [1.29, 1.82) is 0 Å². The minimum Gasteiger partial charge on any atom is -0.385 e. The SMILES string of the molecule is Cl.O=C(c1cccc2c1CCCN2)N1CCN(C2CC2)C(=O)C1. The maximum Gasteiger partial charge on any atom is 0.254 e. The quantitative estimate of drug-likeness (QED) is 0.898. The summed E-state index contributed by atoms with van der Waals surface area (Å²) in [6.07, 6.45) is 4.22. The highest BCUT2D eigenvalue weighted by atomic mass is 35.5. The fourth-order valence-corrected chi connectivity index (χ4v) is 3.51. The lowest BCUT2D eigenvalue weighted by atomic mass is 9.96. The molecule has 23 heavy (non-hydrogen) atoms. The number of nitrogens with zero attached hydrogens (tertiary/aromatic N) is 2. The molecule has 0 atom stereocenters. The van der Waals surface area contributed by atoms with E-state index in [1.807, 2.05) is 23.1 Å². The zero-order valence-electron chi connectivity index (χ0n) is 13.1. The molecule has 1 aliphatic carbocycles. The first-order chi connectivity index (χ1) is 10.7. The molecule has 1 N–H and O–H groups in total. The molecule has 1 aromatic carbocycles. The van der Waals surface area contributed by atoms with Crippen LogP contribution in [-0.4, -0.2) is 53.8 Å². The molecular weight excluding hydrogens is 314 g/mol. The zero-order chi connectivity index (χ0) is 15.1. The van der Waals surface area contributed by atoms with Gasteiger partial charge in [0.15, 0.2) is 0 Å². The van der Waals surface area contributed by atoms with Crippen LogP contribution in [0.25, 0.3) is 0 Å². The minimum absolute atomic E-state index is 0. The van der Waals surface area contributed by atoms with Crippen molar-refractivity contribution in [1.82, 2.24) is 9.80 Å². The summed E-state index contributed by atoms with van der Waals surface area (Å²) in [5, 5.41) is 3.35. The average molecular weight is 336 g/mol. The van der Waals surface area contributed by atoms with Gasteiger partial charge in [-0.1, -0.05) is 6.07 Å². The van der Waals surface area contributed by atoms with Crippen LogP contribution in [0.1, 0.15) is 35.2 Å². The molecule has 2 amide bonds. The minimum atomic E-state index is 0. The molecule has 124 valence electrons. The van der Waals surface area contributed by atoms with Gasteiger partial charge in [-0.2, -0.15) is 0 Å². The fourth-order valence-electron chi connectivity index (χ4n) is 3.51. The number of hydrogen-bond donors (Lipinski definition) is 1. The number of nitrogens with one attached hydrogen (secondary N) is 1. The summed E-state index contributed by atoms with van der Waals surface area (Å²) < 4.78 is 0. The summed E-state index contributed by atoms with van der Waals surface area (Å²) in [7, 11) is 0. The van der Waals surface area contributed by atoms with E-state index in [-0.39, 0.29) is 30.8 Å². The Morgan fingerprint density at radius 1 is 1.22 bits per heavy atom. The second kappa shape index (κ2) is 6.40. The van der Waals surface area contributed by atoms with E-state index in [0.717, 1.165) is 49.0 Å². The fraction of sp³-hybridized carbons (Fsp3) is 0.529. The van der Waals surface area contributed by atoms with Crippen LogP contribution in [0.5, 0.6) is 0 Å². The van der Waals surface area contributed by atoms with Gasteiger partial charge in [0.05, 0.1) is 0 Å². The first-order valence-electron chi connectivity index (χ1n) is 8.18. The summed E-state index contributed by atoms with van der Waals surface area (Å²) in [5.74, 6) is 0.106. The van der Waals surface area contributed by atoms with Crippen molar-refractivity contribution in [2.24, 2.45) is 0 Å². The van der Waals surface area contributed by atoms with Gasteiger partial charge in [0.2, 0.25) is 5.91 Å². The molecule has 2 heterocycles. The van der Waals surface area contributed by atoms with Crippen molar-refractivity contribution in [3.8, 4) is 0 Å². The first kappa shape index (κ1) is 16.1. The summed E-state index contributed by atoms with van der Waals surface area (Å²) in [5.41, 5.74) is 2.94. The lowest BCUT2D eigenvalue weighted by Crippen LogP contribution is -2.53. The average Bonchev–Trinajstić information content (AvgIpc) is 3.38. The Morgan fingerprint density at radius 2 is 2.04 bits per heavy atom. The molecule has 0 bridgehead atoms. The van der Waals surface area contributed by atoms with Crippen LogP contribution >= 0.6 is 12.4 Å². The van der Waals surface area contributed by atoms with E-state index in [1.165, 1.54) is 0 Å². The van der Waals surface area contributed by atoms with Crippen molar-refractivity contribution in [2.45, 2.75) is 31.7 Å². The van der Waals surface area contributed by atoms with E-state index >= 15 is 0 Å². The highest BCUT2D eigenvalue weighted by Gasteiger charge is 2.37. The number of carbonyl (C=O) groups is 2. The number of piperazine rings is 1. The number of amides is 2. The number of hydrogen-bond acceptors (Lipinski definition) is 3. The summed E-state index contributed by atoms with van der Waals surface area (Å²) >= 11 is 0. The second-order valence-corrected chi connectivity index (χ2v) is 6.41. The molecule has 2 fully saturated rings. The third-order valence-electron chi connectivity index (χ3n) is 4.86. The summed E-state index contributed by atoms with van der Waals surface area (Å²) in [4.78, 5) is 28.7. The van der Waals surface area contributed by atoms with Crippen molar-refractivity contribution in [2.75, 3.05) is 31.5 Å². The van der Waals surface area contributed by atoms with Gasteiger partial charge in [-0.3, -0.25) is 9.59 Å². The monoisotopic (exact) mass is 335 g/mol. The molecule has 6 heteroatoms. The zero-order valence-corrected chi connectivity index (χ0v) is 13.9. The predicted molar refractivity (Wildman–Crippen MR) is 91.1 cm³/mol. The molecule has 1 aromatic rings. The van der Waals surface area contributed by atoms with E-state index in [1.54, 1.807) is 4.90 Å². The van der Waals surface area contributed by atoms with Crippen molar-refractivity contribution in [3.05, 3.63) is 29.3 Å². The molecule has 3 aliphatic rings. The Hall–Kier alpha value is -1.75. The van der Waals surface area contributed by atoms with Crippen LogP contribution in [0.3, 0.4) is 0 Å². The van der Waals surface area contributed by atoms with Crippen LogP contribution in [0.2, 0.25) is 0 Å². The molecule has 2 aliphatic heterocycles. The van der Waals surface area contributed by atoms with Gasteiger partial charge in [0, 0.05) is 36.9 Å². The Bertz CT molecular complexity index is 630. The molecule has 0 aromatic heterocycles. The summed E-state index contributed by atoms with van der Waals surface area (Å²) in [6, 6.07) is 6.29.